The number of carboxylic acid groups (broad SMARTS) is 1. The van der Waals surface area contributed by atoms with Crippen LogP contribution in [0.3, 0.4) is 0 Å². The third-order valence-corrected chi connectivity index (χ3v) is 1.54. The third-order valence-electron chi connectivity index (χ3n) is 1.54. The summed E-state index contributed by atoms with van der Waals surface area (Å²) in [6.45, 7) is 4.44. The zero-order valence-corrected chi connectivity index (χ0v) is 7.58. The minimum Gasteiger partial charge on any atom is -0.481 e. The van der Waals surface area contributed by atoms with E-state index in [1.807, 2.05) is 13.8 Å². The van der Waals surface area contributed by atoms with Crippen molar-refractivity contribution in [1.82, 2.24) is 5.32 Å². The molecule has 0 rings (SSSR count). The van der Waals surface area contributed by atoms with E-state index < -0.39 is 5.97 Å². The van der Waals surface area contributed by atoms with E-state index in [-0.39, 0.29) is 18.9 Å². The molecule has 0 aromatic rings. The highest BCUT2D eigenvalue weighted by Crippen LogP contribution is 2.00. The standard InChI is InChI=1S/C8H17NO3/c1-6(2)9-4-7(5-10)3-8(11)12/h6-7,9-10H,3-5H2,1-2H3,(H,11,12)/t7-/m0/s1. The van der Waals surface area contributed by atoms with E-state index in [9.17, 15) is 4.79 Å². The molecule has 0 aliphatic carbocycles. The van der Waals surface area contributed by atoms with Crippen LogP contribution in [0.2, 0.25) is 0 Å². The Bertz CT molecular complexity index is 136. The summed E-state index contributed by atoms with van der Waals surface area (Å²) in [5.74, 6) is -1.04. The van der Waals surface area contributed by atoms with E-state index in [1.165, 1.54) is 0 Å². The summed E-state index contributed by atoms with van der Waals surface area (Å²) < 4.78 is 0. The predicted octanol–water partition coefficient (Wildman–Crippen LogP) is 0.0676. The summed E-state index contributed by atoms with van der Waals surface area (Å²) >= 11 is 0. The minimum absolute atomic E-state index is 0.0240. The van der Waals surface area contributed by atoms with Gasteiger partial charge in [-0.3, -0.25) is 4.79 Å². The lowest BCUT2D eigenvalue weighted by molar-refractivity contribution is -0.138. The largest absolute Gasteiger partial charge is 0.481 e. The summed E-state index contributed by atoms with van der Waals surface area (Å²) in [6.07, 6.45) is 0.0240. The van der Waals surface area contributed by atoms with Gasteiger partial charge in [-0.25, -0.2) is 0 Å². The number of rotatable bonds is 6. The van der Waals surface area contributed by atoms with Gasteiger partial charge >= 0.3 is 5.97 Å². The quantitative estimate of drug-likeness (QED) is 0.534. The Hall–Kier alpha value is -0.610. The van der Waals surface area contributed by atoms with Gasteiger partial charge < -0.3 is 15.5 Å². The number of aliphatic hydroxyl groups excluding tert-OH is 1. The molecule has 0 bridgehead atoms. The molecule has 0 unspecified atom stereocenters. The van der Waals surface area contributed by atoms with Gasteiger partial charge in [0.2, 0.25) is 0 Å². The second-order valence-electron chi connectivity index (χ2n) is 3.21. The van der Waals surface area contributed by atoms with Crippen molar-refractivity contribution in [3.8, 4) is 0 Å². The van der Waals surface area contributed by atoms with Crippen LogP contribution in [0, 0.1) is 5.92 Å². The highest BCUT2D eigenvalue weighted by atomic mass is 16.4. The van der Waals surface area contributed by atoms with Crippen LogP contribution in [0.1, 0.15) is 20.3 Å². The maximum absolute atomic E-state index is 10.3. The van der Waals surface area contributed by atoms with E-state index in [0.717, 1.165) is 0 Å². The number of carboxylic acids is 1. The summed E-state index contributed by atoms with van der Waals surface area (Å²) in [7, 11) is 0. The molecule has 4 nitrogen and oxygen atoms in total. The summed E-state index contributed by atoms with van der Waals surface area (Å²) in [5.41, 5.74) is 0. The number of aliphatic carboxylic acids is 1. The second-order valence-corrected chi connectivity index (χ2v) is 3.21. The molecule has 0 heterocycles. The van der Waals surface area contributed by atoms with E-state index in [1.54, 1.807) is 0 Å². The molecule has 1 atom stereocenters. The summed E-state index contributed by atoms with van der Waals surface area (Å²) in [6, 6.07) is 0.327. The van der Waals surface area contributed by atoms with Crippen molar-refractivity contribution in [1.29, 1.82) is 0 Å². The van der Waals surface area contributed by atoms with Gasteiger partial charge in [0.1, 0.15) is 0 Å². The molecule has 0 fully saturated rings. The Morgan fingerprint density at radius 1 is 1.50 bits per heavy atom. The molecule has 4 heteroatoms. The minimum atomic E-state index is -0.861. The van der Waals surface area contributed by atoms with Crippen molar-refractivity contribution >= 4 is 5.97 Å². The smallest absolute Gasteiger partial charge is 0.303 e. The summed E-state index contributed by atoms with van der Waals surface area (Å²) in [4.78, 5) is 10.3. The first-order valence-electron chi connectivity index (χ1n) is 4.12. The number of hydrogen-bond donors (Lipinski definition) is 3. The number of nitrogens with one attached hydrogen (secondary N) is 1. The van der Waals surface area contributed by atoms with E-state index >= 15 is 0 Å². The molecule has 3 N–H and O–H groups in total. The Balaban J connectivity index is 3.60. The van der Waals surface area contributed by atoms with E-state index in [2.05, 4.69) is 5.32 Å². The average Bonchev–Trinajstić information content (AvgIpc) is 1.97. The predicted molar refractivity (Wildman–Crippen MR) is 46.0 cm³/mol. The van der Waals surface area contributed by atoms with Gasteiger partial charge in [-0.1, -0.05) is 13.8 Å². The molecule has 0 spiro atoms. The monoisotopic (exact) mass is 175 g/mol. The van der Waals surface area contributed by atoms with E-state index in [0.29, 0.717) is 12.6 Å². The molecule has 0 aliphatic rings. The van der Waals surface area contributed by atoms with Crippen molar-refractivity contribution in [2.45, 2.75) is 26.3 Å². The first-order chi connectivity index (χ1) is 5.56. The third kappa shape index (κ3) is 6.12. The summed E-state index contributed by atoms with van der Waals surface area (Å²) in [5, 5.41) is 20.3. The number of hydrogen-bond acceptors (Lipinski definition) is 3. The van der Waals surface area contributed by atoms with Gasteiger partial charge in [0, 0.05) is 25.1 Å². The lowest BCUT2D eigenvalue weighted by atomic mass is 10.1. The number of carbonyl (C=O) groups is 1. The molecule has 72 valence electrons. The zero-order valence-electron chi connectivity index (χ0n) is 7.58. The van der Waals surface area contributed by atoms with Crippen molar-refractivity contribution in [3.05, 3.63) is 0 Å². The van der Waals surface area contributed by atoms with Gasteiger partial charge in [-0.15, -0.1) is 0 Å². The highest BCUT2D eigenvalue weighted by molar-refractivity contribution is 5.67. The van der Waals surface area contributed by atoms with Gasteiger partial charge in [-0.2, -0.15) is 0 Å². The maximum Gasteiger partial charge on any atom is 0.303 e. The molecule has 0 saturated heterocycles. The molecule has 0 amide bonds. The Morgan fingerprint density at radius 2 is 2.08 bits per heavy atom. The molecule has 12 heavy (non-hydrogen) atoms. The maximum atomic E-state index is 10.3. The zero-order chi connectivity index (χ0) is 9.56. The van der Waals surface area contributed by atoms with Crippen molar-refractivity contribution < 1.29 is 15.0 Å². The van der Waals surface area contributed by atoms with Crippen molar-refractivity contribution in [3.63, 3.8) is 0 Å². The van der Waals surface area contributed by atoms with E-state index in [4.69, 9.17) is 10.2 Å². The highest BCUT2D eigenvalue weighted by Gasteiger charge is 2.11. The van der Waals surface area contributed by atoms with Crippen LogP contribution >= 0.6 is 0 Å². The van der Waals surface area contributed by atoms with Crippen molar-refractivity contribution in [2.24, 2.45) is 5.92 Å². The molecule has 0 aromatic carbocycles. The Morgan fingerprint density at radius 3 is 2.42 bits per heavy atom. The number of aliphatic hydroxyl groups is 1. The Kier molecular flexibility index (Phi) is 5.66. The van der Waals surface area contributed by atoms with Gasteiger partial charge in [-0.05, 0) is 0 Å². The molecule has 0 saturated carbocycles. The van der Waals surface area contributed by atoms with Crippen LogP contribution in [0.5, 0.6) is 0 Å². The molecular weight excluding hydrogens is 158 g/mol. The second kappa shape index (κ2) is 5.97. The molecule has 0 aromatic heterocycles. The lowest BCUT2D eigenvalue weighted by Crippen LogP contribution is -2.31. The van der Waals surface area contributed by atoms with Crippen LogP contribution in [0.25, 0.3) is 0 Å². The normalized spacial score (nSPS) is 13.3. The van der Waals surface area contributed by atoms with Crippen molar-refractivity contribution in [2.75, 3.05) is 13.2 Å². The fourth-order valence-corrected chi connectivity index (χ4v) is 0.851. The van der Waals surface area contributed by atoms with Crippen LogP contribution < -0.4 is 5.32 Å². The lowest BCUT2D eigenvalue weighted by Gasteiger charge is -2.14. The molecule has 0 aliphatic heterocycles. The average molecular weight is 175 g/mol. The van der Waals surface area contributed by atoms with Crippen LogP contribution in [0.4, 0.5) is 0 Å². The van der Waals surface area contributed by atoms with Crippen LogP contribution in [0.15, 0.2) is 0 Å². The first kappa shape index (κ1) is 11.4. The van der Waals surface area contributed by atoms with Gasteiger partial charge in [0.15, 0.2) is 0 Å². The SMILES string of the molecule is CC(C)NC[C@@H](CO)CC(=O)O. The van der Waals surface area contributed by atoms with Gasteiger partial charge in [0.05, 0.1) is 6.42 Å². The fraction of sp³-hybridized carbons (Fsp3) is 0.875. The molecule has 0 radical (unpaired) electrons. The van der Waals surface area contributed by atoms with Crippen LogP contribution in [-0.4, -0.2) is 35.4 Å². The Labute approximate surface area is 72.6 Å². The first-order valence-corrected chi connectivity index (χ1v) is 4.12. The topological polar surface area (TPSA) is 69.6 Å². The fourth-order valence-electron chi connectivity index (χ4n) is 0.851. The van der Waals surface area contributed by atoms with Gasteiger partial charge in [0.25, 0.3) is 0 Å². The molecular formula is C8H17NO3. The van der Waals surface area contributed by atoms with Crippen LogP contribution in [-0.2, 0) is 4.79 Å².